The number of pyridine rings is 1. The highest BCUT2D eigenvalue weighted by molar-refractivity contribution is 5.92. The minimum Gasteiger partial charge on any atom is -0.384 e. The largest absolute Gasteiger partial charge is 0.384 e. The fourth-order valence-electron chi connectivity index (χ4n) is 1.66. The summed E-state index contributed by atoms with van der Waals surface area (Å²) in [7, 11) is 0. The van der Waals surface area contributed by atoms with E-state index in [1.54, 1.807) is 18.5 Å². The fraction of sp³-hybridized carbons (Fsp3) is 0.308. The smallest absolute Gasteiger partial charge is 0.270 e. The van der Waals surface area contributed by atoms with E-state index in [0.717, 1.165) is 23.5 Å². The lowest BCUT2D eigenvalue weighted by molar-refractivity contribution is 0.0946. The maximum atomic E-state index is 11.9. The molecule has 2 aromatic rings. The van der Waals surface area contributed by atoms with Crippen molar-refractivity contribution in [1.29, 1.82) is 0 Å². The van der Waals surface area contributed by atoms with Gasteiger partial charge in [-0.1, -0.05) is 0 Å². The van der Waals surface area contributed by atoms with Gasteiger partial charge in [-0.25, -0.2) is 4.98 Å². The number of aromatic nitrogens is 3. The van der Waals surface area contributed by atoms with Crippen LogP contribution in [0.1, 0.15) is 28.7 Å². The molecular weight excluding hydrogens is 242 g/mol. The van der Waals surface area contributed by atoms with Crippen LogP contribution >= 0.6 is 0 Å². The monoisotopic (exact) mass is 259 g/mol. The van der Waals surface area contributed by atoms with E-state index in [0.29, 0.717) is 12.2 Å². The topological polar surface area (TPSA) is 82.7 Å². The molecule has 6 heteroatoms. The zero-order valence-corrected chi connectivity index (χ0v) is 11.0. The molecule has 0 aliphatic rings. The number of carbonyl (C=O) groups excluding carboxylic acids is 1. The summed E-state index contributed by atoms with van der Waals surface area (Å²) >= 11 is 0. The Hall–Kier alpha value is -2.37. The van der Waals surface area contributed by atoms with Gasteiger partial charge in [0.1, 0.15) is 5.69 Å². The van der Waals surface area contributed by atoms with Crippen LogP contribution in [0.25, 0.3) is 0 Å². The van der Waals surface area contributed by atoms with Gasteiger partial charge in [-0.05, 0) is 26.0 Å². The number of anilines is 1. The van der Waals surface area contributed by atoms with Gasteiger partial charge in [0.2, 0.25) is 0 Å². The summed E-state index contributed by atoms with van der Waals surface area (Å²) in [6.07, 6.45) is 3.36. The Labute approximate surface area is 111 Å². The summed E-state index contributed by atoms with van der Waals surface area (Å²) in [5.41, 5.74) is 3.24. The maximum absolute atomic E-state index is 11.9. The zero-order valence-electron chi connectivity index (χ0n) is 11.0. The van der Waals surface area contributed by atoms with E-state index >= 15 is 0 Å². The first-order valence-corrected chi connectivity index (χ1v) is 6.17. The summed E-state index contributed by atoms with van der Waals surface area (Å²) in [6, 6.07) is 3.55. The lowest BCUT2D eigenvalue weighted by atomic mass is 10.2. The minimum absolute atomic E-state index is 0.191. The molecule has 0 bridgehead atoms. The molecule has 0 unspecified atom stereocenters. The number of hydrogen-bond acceptors (Lipinski definition) is 4. The average Bonchev–Trinajstić information content (AvgIpc) is 2.83. The number of nitrogens with one attached hydrogen (secondary N) is 3. The van der Waals surface area contributed by atoms with Gasteiger partial charge >= 0.3 is 0 Å². The molecule has 1 amide bonds. The van der Waals surface area contributed by atoms with Crippen LogP contribution in [-0.2, 0) is 6.54 Å². The molecule has 0 aromatic carbocycles. The third-order valence-electron chi connectivity index (χ3n) is 2.75. The second kappa shape index (κ2) is 5.99. The highest BCUT2D eigenvalue weighted by atomic mass is 16.1. The lowest BCUT2D eigenvalue weighted by Crippen LogP contribution is -2.23. The van der Waals surface area contributed by atoms with Crippen molar-refractivity contribution >= 4 is 11.6 Å². The number of aromatic amines is 1. The number of rotatable bonds is 5. The number of H-pyrrole nitrogens is 1. The Kier molecular flexibility index (Phi) is 4.12. The summed E-state index contributed by atoms with van der Waals surface area (Å²) in [6.45, 7) is 5.19. The van der Waals surface area contributed by atoms with Crippen molar-refractivity contribution in [2.75, 3.05) is 11.9 Å². The first-order valence-electron chi connectivity index (χ1n) is 6.17. The van der Waals surface area contributed by atoms with Crippen molar-refractivity contribution in [2.45, 2.75) is 20.4 Å². The van der Waals surface area contributed by atoms with Gasteiger partial charge in [0.25, 0.3) is 5.91 Å². The van der Waals surface area contributed by atoms with Gasteiger partial charge in [-0.2, -0.15) is 5.10 Å². The highest BCUT2D eigenvalue weighted by Crippen LogP contribution is 2.06. The number of amides is 1. The lowest BCUT2D eigenvalue weighted by Gasteiger charge is -2.05. The molecule has 100 valence electrons. The Morgan fingerprint density at radius 3 is 2.79 bits per heavy atom. The Balaban J connectivity index is 1.94. The fourth-order valence-corrected chi connectivity index (χ4v) is 1.66. The van der Waals surface area contributed by atoms with Crippen molar-refractivity contribution < 1.29 is 4.79 Å². The summed E-state index contributed by atoms with van der Waals surface area (Å²) in [5.74, 6) is -0.191. The molecular formula is C13H17N5O. The van der Waals surface area contributed by atoms with Gasteiger partial charge in [-0.3, -0.25) is 9.89 Å². The van der Waals surface area contributed by atoms with E-state index in [1.165, 1.54) is 0 Å². The molecule has 2 heterocycles. The third-order valence-corrected chi connectivity index (χ3v) is 2.75. The first kappa shape index (κ1) is 13.1. The van der Waals surface area contributed by atoms with Crippen molar-refractivity contribution in [1.82, 2.24) is 20.5 Å². The van der Waals surface area contributed by atoms with E-state index in [2.05, 4.69) is 25.8 Å². The van der Waals surface area contributed by atoms with Crippen LogP contribution in [0.4, 0.5) is 5.69 Å². The average molecular weight is 259 g/mol. The van der Waals surface area contributed by atoms with Gasteiger partial charge in [0, 0.05) is 24.3 Å². The quantitative estimate of drug-likeness (QED) is 0.759. The number of carbonyl (C=O) groups is 1. The maximum Gasteiger partial charge on any atom is 0.270 e. The van der Waals surface area contributed by atoms with Crippen LogP contribution in [0, 0.1) is 6.92 Å². The molecule has 19 heavy (non-hydrogen) atoms. The predicted molar refractivity (Wildman–Crippen MR) is 72.9 cm³/mol. The Morgan fingerprint density at radius 2 is 2.21 bits per heavy atom. The minimum atomic E-state index is -0.191. The van der Waals surface area contributed by atoms with Crippen LogP contribution in [0.5, 0.6) is 0 Å². The SMILES string of the molecule is CCNc1ccc(C(=O)NCc2cn[nH]c2C)nc1. The number of hydrogen-bond donors (Lipinski definition) is 3. The van der Waals surface area contributed by atoms with E-state index in [-0.39, 0.29) is 5.91 Å². The number of aryl methyl sites for hydroxylation is 1. The van der Waals surface area contributed by atoms with Crippen LogP contribution in [0.15, 0.2) is 24.5 Å². The van der Waals surface area contributed by atoms with Crippen molar-refractivity contribution in [3.05, 3.63) is 41.5 Å². The third kappa shape index (κ3) is 3.31. The van der Waals surface area contributed by atoms with Crippen molar-refractivity contribution in [3.8, 4) is 0 Å². The molecule has 2 aromatic heterocycles. The normalized spacial score (nSPS) is 10.2. The van der Waals surface area contributed by atoms with Gasteiger partial charge < -0.3 is 10.6 Å². The van der Waals surface area contributed by atoms with Crippen LogP contribution in [0.3, 0.4) is 0 Å². The first-order chi connectivity index (χ1) is 9.20. The van der Waals surface area contributed by atoms with Crippen LogP contribution in [0.2, 0.25) is 0 Å². The van der Waals surface area contributed by atoms with Crippen LogP contribution in [-0.4, -0.2) is 27.6 Å². The molecule has 0 atom stereocenters. The molecule has 0 radical (unpaired) electrons. The van der Waals surface area contributed by atoms with E-state index in [1.807, 2.05) is 19.9 Å². The van der Waals surface area contributed by atoms with E-state index in [4.69, 9.17) is 0 Å². The molecule has 0 fully saturated rings. The Bertz CT molecular complexity index is 546. The summed E-state index contributed by atoms with van der Waals surface area (Å²) < 4.78 is 0. The van der Waals surface area contributed by atoms with Crippen LogP contribution < -0.4 is 10.6 Å². The molecule has 0 aliphatic carbocycles. The molecule has 0 saturated heterocycles. The molecule has 0 spiro atoms. The van der Waals surface area contributed by atoms with Gasteiger partial charge in [0.05, 0.1) is 18.1 Å². The second-order valence-corrected chi connectivity index (χ2v) is 4.17. The molecule has 0 aliphatic heterocycles. The van der Waals surface area contributed by atoms with Crippen molar-refractivity contribution in [3.63, 3.8) is 0 Å². The molecule has 0 saturated carbocycles. The van der Waals surface area contributed by atoms with Crippen molar-refractivity contribution in [2.24, 2.45) is 0 Å². The zero-order chi connectivity index (χ0) is 13.7. The highest BCUT2D eigenvalue weighted by Gasteiger charge is 2.08. The standard InChI is InChI=1S/C13H17N5O/c1-3-14-11-4-5-12(15-8-11)13(19)16-6-10-7-17-18-9(10)2/h4-5,7-8,14H,3,6H2,1-2H3,(H,16,19)(H,17,18). The predicted octanol–water partition coefficient (Wildman–Crippen LogP) is 1.47. The number of nitrogens with zero attached hydrogens (tertiary/aromatic N) is 2. The van der Waals surface area contributed by atoms with Gasteiger partial charge in [-0.15, -0.1) is 0 Å². The Morgan fingerprint density at radius 1 is 1.37 bits per heavy atom. The second-order valence-electron chi connectivity index (χ2n) is 4.17. The van der Waals surface area contributed by atoms with E-state index < -0.39 is 0 Å². The molecule has 6 nitrogen and oxygen atoms in total. The summed E-state index contributed by atoms with van der Waals surface area (Å²) in [4.78, 5) is 16.0. The summed E-state index contributed by atoms with van der Waals surface area (Å²) in [5, 5.41) is 12.7. The van der Waals surface area contributed by atoms with Gasteiger partial charge in [0.15, 0.2) is 0 Å². The van der Waals surface area contributed by atoms with E-state index in [9.17, 15) is 4.79 Å². The molecule has 2 rings (SSSR count). The molecule has 3 N–H and O–H groups in total.